The summed E-state index contributed by atoms with van der Waals surface area (Å²) in [6.07, 6.45) is 11.5. The van der Waals surface area contributed by atoms with Crippen molar-refractivity contribution < 1.29 is 58.1 Å². The number of ether oxygens (including phenoxy) is 1. The van der Waals surface area contributed by atoms with E-state index in [0.29, 0.717) is 67.9 Å². The van der Waals surface area contributed by atoms with Crippen LogP contribution in [0.15, 0.2) is 82.3 Å². The molecule has 0 radical (unpaired) electrons. The Kier molecular flexibility index (Phi) is 13.5. The number of nitrogens with zero attached hydrogens (tertiary/aromatic N) is 2. The predicted octanol–water partition coefficient (Wildman–Crippen LogP) is 4.65. The van der Waals surface area contributed by atoms with E-state index in [2.05, 4.69) is 0 Å². The number of likely N-dealkylation sites (N-methyl/N-ethyl adjacent to an activating group) is 1. The van der Waals surface area contributed by atoms with Gasteiger partial charge in [-0.05, 0) is 94.8 Å². The van der Waals surface area contributed by atoms with Crippen molar-refractivity contribution in [3.8, 4) is 0 Å². The first-order valence-electron chi connectivity index (χ1n) is 17.5. The third-order valence-corrected chi connectivity index (χ3v) is 12.6. The smallest absolute Gasteiger partial charge is 0.303 e. The van der Waals surface area contributed by atoms with Crippen LogP contribution in [0.3, 0.4) is 0 Å². The minimum Gasteiger partial charge on any atom is -0.748 e. The molecule has 0 aromatic heterocycles. The molecule has 0 saturated carbocycles. The van der Waals surface area contributed by atoms with Gasteiger partial charge in [-0.2, -0.15) is 4.58 Å². The Labute approximate surface area is 317 Å². The molecule has 0 fully saturated rings. The lowest BCUT2D eigenvalue weighted by Crippen LogP contribution is -2.33. The Bertz CT molecular complexity index is 2210. The van der Waals surface area contributed by atoms with E-state index in [9.17, 15) is 43.7 Å². The van der Waals surface area contributed by atoms with Crippen molar-refractivity contribution in [1.29, 1.82) is 0 Å². The predicted molar refractivity (Wildman–Crippen MR) is 199 cm³/mol. The van der Waals surface area contributed by atoms with Crippen LogP contribution in [-0.4, -0.2) is 92.8 Å². The summed E-state index contributed by atoms with van der Waals surface area (Å²) >= 11 is 0. The fraction of sp³-hybridized carbons (Fsp3) is 0.459. The van der Waals surface area contributed by atoms with E-state index in [1.165, 1.54) is 24.3 Å². The number of methoxy groups -OCH3 is 1. The molecular weight excluding hydrogens is 761 g/mol. The fourth-order valence-corrected chi connectivity index (χ4v) is 8.96. The van der Waals surface area contributed by atoms with Gasteiger partial charge in [-0.1, -0.05) is 18.2 Å². The van der Waals surface area contributed by atoms with Gasteiger partial charge in [0.15, 0.2) is 5.71 Å². The van der Waals surface area contributed by atoms with E-state index < -0.39 is 57.8 Å². The number of benzene rings is 2. The van der Waals surface area contributed by atoms with Gasteiger partial charge in [0.2, 0.25) is 5.69 Å². The molecule has 0 amide bonds. The zero-order valence-electron chi connectivity index (χ0n) is 30.7. The normalized spacial score (nSPS) is 21.2. The molecule has 2 aromatic rings. The zero-order valence-corrected chi connectivity index (χ0v) is 33.1. The number of carbonyl (C=O) groups is 1. The maximum atomic E-state index is 12.0. The molecule has 4 rings (SSSR count). The topological polar surface area (TPSA) is 224 Å². The first-order chi connectivity index (χ1) is 25.2. The lowest BCUT2D eigenvalue weighted by atomic mass is 9.76. The summed E-state index contributed by atoms with van der Waals surface area (Å²) in [5.74, 6) is -1.49. The first kappa shape index (κ1) is 43.0. The number of allylic oxidation sites excluding steroid dienone is 6. The maximum absolute atomic E-state index is 12.0. The molecule has 54 heavy (non-hydrogen) atoms. The number of hydrogen-bond acceptors (Lipinski definition) is 12. The van der Waals surface area contributed by atoms with Crippen molar-refractivity contribution in [3.05, 3.63) is 83.6 Å². The molecule has 2 aromatic carbocycles. The minimum absolute atomic E-state index is 0.00489. The minimum atomic E-state index is -4.79. The van der Waals surface area contributed by atoms with E-state index >= 15 is 0 Å². The van der Waals surface area contributed by atoms with Crippen LogP contribution in [0.25, 0.3) is 0 Å². The molecule has 2 aliphatic rings. The van der Waals surface area contributed by atoms with Crippen molar-refractivity contribution in [2.45, 2.75) is 86.3 Å². The van der Waals surface area contributed by atoms with Gasteiger partial charge < -0.3 is 28.4 Å². The van der Waals surface area contributed by atoms with Crippen LogP contribution in [0.4, 0.5) is 11.4 Å². The Morgan fingerprint density at radius 2 is 1.50 bits per heavy atom. The highest BCUT2D eigenvalue weighted by molar-refractivity contribution is 7.86. The third kappa shape index (κ3) is 9.74. The monoisotopic (exact) mass is 806 g/mol. The Hall–Kier alpha value is -3.71. The molecule has 0 bridgehead atoms. The highest BCUT2D eigenvalue weighted by Gasteiger charge is 2.48. The highest BCUT2D eigenvalue weighted by atomic mass is 32.2. The van der Waals surface area contributed by atoms with Gasteiger partial charge in [-0.15, -0.1) is 0 Å². The number of anilines is 1. The van der Waals surface area contributed by atoms with Crippen molar-refractivity contribution in [2.24, 2.45) is 0 Å². The molecule has 17 heteroatoms. The summed E-state index contributed by atoms with van der Waals surface area (Å²) in [6, 6.07) is 8.40. The number of rotatable bonds is 19. The summed E-state index contributed by atoms with van der Waals surface area (Å²) < 4.78 is 114. The number of carboxylic acids is 1. The van der Waals surface area contributed by atoms with E-state index in [-0.39, 0.29) is 24.2 Å². The molecule has 296 valence electrons. The van der Waals surface area contributed by atoms with Crippen LogP contribution in [0.5, 0.6) is 0 Å². The number of carboxylic acid groups (broad SMARTS) is 1. The van der Waals surface area contributed by atoms with Crippen molar-refractivity contribution >= 4 is 53.4 Å². The molecule has 0 saturated heterocycles. The first-order valence-corrected chi connectivity index (χ1v) is 21.9. The molecule has 2 atom stereocenters. The summed E-state index contributed by atoms with van der Waals surface area (Å²) in [6.45, 7) is 6.92. The van der Waals surface area contributed by atoms with Gasteiger partial charge in [0, 0.05) is 73.4 Å². The van der Waals surface area contributed by atoms with Gasteiger partial charge in [-0.25, -0.2) is 25.3 Å². The fourth-order valence-electron chi connectivity index (χ4n) is 7.47. The van der Waals surface area contributed by atoms with Gasteiger partial charge in [0.05, 0.1) is 25.3 Å². The van der Waals surface area contributed by atoms with Crippen LogP contribution in [0, 0.1) is 0 Å². The Balaban J connectivity index is 1.77. The number of hydrogen-bond donors (Lipinski definition) is 1. The Morgan fingerprint density at radius 1 is 0.852 bits per heavy atom. The average molecular weight is 807 g/mol. The molecular formula is C37H46N2O12S3-2. The SMILES string of the molecule is CCN1/C(=C/C=C/C=C/C2=[N+](CCCCCC(=O)O)c3ccc(S(=O)(=O)[O-])cc3C2(C)CCOC)C(C)(CCCS(=O)(=O)[O-])c2cc(S(=O)(=O)[O-])ccc21. The highest BCUT2D eigenvalue weighted by Crippen LogP contribution is 2.51. The van der Waals surface area contributed by atoms with Crippen LogP contribution < -0.4 is 4.90 Å². The largest absolute Gasteiger partial charge is 0.748 e. The molecule has 14 nitrogen and oxygen atoms in total. The van der Waals surface area contributed by atoms with E-state index in [1.54, 1.807) is 37.5 Å². The van der Waals surface area contributed by atoms with Gasteiger partial charge in [-0.3, -0.25) is 4.79 Å². The number of fused-ring (bicyclic) bond motifs is 2. The summed E-state index contributed by atoms with van der Waals surface area (Å²) in [5.41, 5.74) is 2.32. The maximum Gasteiger partial charge on any atom is 0.303 e. The average Bonchev–Trinajstić information content (AvgIpc) is 3.45. The standard InChI is InChI=1S/C37H48N2O12S3/c1-5-38-31-18-16-27(53(45,46)47)25-29(31)36(2,20-12-24-52(42,43)44)33(38)13-8-6-9-14-34-37(3,21-23-51-4)30-26-28(54(48,49)50)17-19-32(30)39(34)22-11-7-10-15-35(40)41/h6,8-9,13-14,16-19,25-26H,5,7,10-12,15,20-24H2,1-4H3,(H3-,40,41,42,43,44,45,46,47,48,49,50)/p-2. The molecule has 2 aliphatic heterocycles. The van der Waals surface area contributed by atoms with Gasteiger partial charge in [0.25, 0.3) is 0 Å². The van der Waals surface area contributed by atoms with E-state index in [4.69, 9.17) is 9.84 Å². The molecule has 2 heterocycles. The Morgan fingerprint density at radius 3 is 2.09 bits per heavy atom. The molecule has 0 spiro atoms. The van der Waals surface area contributed by atoms with E-state index in [0.717, 1.165) is 11.4 Å². The van der Waals surface area contributed by atoms with Crippen LogP contribution in [-0.2, 0) is 50.7 Å². The van der Waals surface area contributed by atoms with Crippen LogP contribution in [0.2, 0.25) is 0 Å². The third-order valence-electron chi connectivity index (χ3n) is 10.2. The number of unbranched alkanes of at least 4 members (excludes halogenated alkanes) is 2. The summed E-state index contributed by atoms with van der Waals surface area (Å²) in [7, 11) is -12.5. The molecule has 0 aliphatic carbocycles. The van der Waals surface area contributed by atoms with Gasteiger partial charge in [0.1, 0.15) is 26.8 Å². The van der Waals surface area contributed by atoms with Crippen molar-refractivity contribution in [1.82, 2.24) is 0 Å². The quantitative estimate of drug-likeness (QED) is 0.0884. The second-order valence-corrected chi connectivity index (χ2v) is 18.1. The second-order valence-electron chi connectivity index (χ2n) is 13.8. The van der Waals surface area contributed by atoms with Crippen LogP contribution >= 0.6 is 0 Å². The van der Waals surface area contributed by atoms with E-state index in [1.807, 2.05) is 42.4 Å². The van der Waals surface area contributed by atoms with Crippen molar-refractivity contribution in [2.75, 3.05) is 37.5 Å². The zero-order chi connectivity index (χ0) is 40.1. The summed E-state index contributed by atoms with van der Waals surface area (Å²) in [4.78, 5) is 12.2. The summed E-state index contributed by atoms with van der Waals surface area (Å²) in [5, 5.41) is 9.07. The van der Waals surface area contributed by atoms with Crippen LogP contribution in [0.1, 0.15) is 76.8 Å². The lowest BCUT2D eigenvalue weighted by Gasteiger charge is -2.30. The van der Waals surface area contributed by atoms with Crippen molar-refractivity contribution in [3.63, 3.8) is 0 Å². The molecule has 1 N–H and O–H groups in total. The lowest BCUT2D eigenvalue weighted by molar-refractivity contribution is -0.438. The van der Waals surface area contributed by atoms with Gasteiger partial charge >= 0.3 is 5.97 Å². The molecule has 2 unspecified atom stereocenters. The second kappa shape index (κ2) is 17.0. The number of aliphatic carboxylic acids is 1.